The number of carbonyl (C=O) groups excluding carboxylic acids is 1. The third-order valence-electron chi connectivity index (χ3n) is 3.29. The van der Waals surface area contributed by atoms with Gasteiger partial charge >= 0.3 is 5.97 Å². The molecule has 1 rings (SSSR count). The molecule has 0 bridgehead atoms. The number of aryl methyl sites for hydroxylation is 3. The Morgan fingerprint density at radius 2 is 1.61 bits per heavy atom. The number of aliphatic carboxylic acids is 1. The number of hydrogen-bond acceptors (Lipinski definition) is 2. The molecule has 0 radical (unpaired) electrons. The minimum absolute atomic E-state index is 0.264. The largest absolute Gasteiger partial charge is 0.479 e. The van der Waals surface area contributed by atoms with Crippen LogP contribution in [0.15, 0.2) is 12.1 Å². The molecule has 0 fully saturated rings. The van der Waals surface area contributed by atoms with E-state index in [1.165, 1.54) is 18.9 Å². The molecule has 0 aliphatic heterocycles. The van der Waals surface area contributed by atoms with Gasteiger partial charge in [-0.1, -0.05) is 12.1 Å². The first-order valence-electron chi connectivity index (χ1n) is 5.79. The van der Waals surface area contributed by atoms with Crippen LogP contribution in [0.2, 0.25) is 0 Å². The van der Waals surface area contributed by atoms with Crippen LogP contribution in [0, 0.1) is 20.8 Å². The molecular weight excluding hydrogens is 230 g/mol. The Bertz CT molecular complexity index is 494. The molecule has 0 aliphatic carbocycles. The standard InChI is InChI=1S/C14H19NO3/c1-8-6-10(3)12(7-9(8)2)13(14(17)18)15(5)11(4)16/h6-7,13H,1-5H3,(H,17,18). The van der Waals surface area contributed by atoms with Gasteiger partial charge in [0.05, 0.1) is 0 Å². The third-order valence-corrected chi connectivity index (χ3v) is 3.29. The van der Waals surface area contributed by atoms with Gasteiger partial charge in [0.2, 0.25) is 5.91 Å². The monoisotopic (exact) mass is 249 g/mol. The third kappa shape index (κ3) is 2.70. The van der Waals surface area contributed by atoms with Crippen molar-refractivity contribution in [3.05, 3.63) is 34.4 Å². The van der Waals surface area contributed by atoms with Gasteiger partial charge in [0.15, 0.2) is 6.04 Å². The van der Waals surface area contributed by atoms with Crippen LogP contribution in [0.1, 0.15) is 35.2 Å². The van der Waals surface area contributed by atoms with Gasteiger partial charge in [0.1, 0.15) is 0 Å². The number of rotatable bonds is 3. The van der Waals surface area contributed by atoms with E-state index in [9.17, 15) is 14.7 Å². The maximum Gasteiger partial charge on any atom is 0.331 e. The number of amides is 1. The Morgan fingerprint density at radius 3 is 2.06 bits per heavy atom. The molecule has 0 spiro atoms. The van der Waals surface area contributed by atoms with E-state index in [-0.39, 0.29) is 5.91 Å². The summed E-state index contributed by atoms with van der Waals surface area (Å²) in [5.41, 5.74) is 3.70. The summed E-state index contributed by atoms with van der Waals surface area (Å²) in [5, 5.41) is 9.34. The second kappa shape index (κ2) is 5.21. The fourth-order valence-corrected chi connectivity index (χ4v) is 1.97. The van der Waals surface area contributed by atoms with Crippen LogP contribution in [0.4, 0.5) is 0 Å². The van der Waals surface area contributed by atoms with E-state index < -0.39 is 12.0 Å². The number of hydrogen-bond donors (Lipinski definition) is 1. The first kappa shape index (κ1) is 14.2. The highest BCUT2D eigenvalue weighted by Crippen LogP contribution is 2.26. The molecule has 0 saturated heterocycles. The smallest absolute Gasteiger partial charge is 0.331 e. The van der Waals surface area contributed by atoms with Gasteiger partial charge in [-0.2, -0.15) is 0 Å². The molecule has 1 aromatic carbocycles. The summed E-state index contributed by atoms with van der Waals surface area (Å²) in [6, 6.07) is 2.87. The van der Waals surface area contributed by atoms with E-state index >= 15 is 0 Å². The van der Waals surface area contributed by atoms with Gasteiger partial charge in [0.25, 0.3) is 0 Å². The van der Waals surface area contributed by atoms with E-state index in [2.05, 4.69) is 0 Å². The number of likely N-dealkylation sites (N-methyl/N-ethyl adjacent to an activating group) is 1. The predicted octanol–water partition coefficient (Wildman–Crippen LogP) is 2.22. The van der Waals surface area contributed by atoms with Gasteiger partial charge in [0, 0.05) is 14.0 Å². The fraction of sp³-hybridized carbons (Fsp3) is 0.429. The summed E-state index contributed by atoms with van der Waals surface area (Å²) in [5.74, 6) is -1.28. The Hall–Kier alpha value is -1.84. The number of carboxylic acid groups (broad SMARTS) is 1. The molecule has 4 nitrogen and oxygen atoms in total. The number of carbonyl (C=O) groups is 2. The van der Waals surface area contributed by atoms with Gasteiger partial charge in [-0.15, -0.1) is 0 Å². The van der Waals surface area contributed by atoms with Crippen molar-refractivity contribution >= 4 is 11.9 Å². The summed E-state index contributed by atoms with van der Waals surface area (Å²) in [4.78, 5) is 24.0. The Labute approximate surface area is 107 Å². The van der Waals surface area contributed by atoms with Crippen LogP contribution in [0.3, 0.4) is 0 Å². The van der Waals surface area contributed by atoms with E-state index in [1.807, 2.05) is 32.9 Å². The summed E-state index contributed by atoms with van der Waals surface area (Å²) in [6.45, 7) is 7.15. The second-order valence-corrected chi connectivity index (χ2v) is 4.66. The minimum atomic E-state index is -1.01. The predicted molar refractivity (Wildman–Crippen MR) is 69.5 cm³/mol. The van der Waals surface area contributed by atoms with Crippen LogP contribution >= 0.6 is 0 Å². The Kier molecular flexibility index (Phi) is 4.11. The van der Waals surface area contributed by atoms with Crippen molar-refractivity contribution in [2.24, 2.45) is 0 Å². The van der Waals surface area contributed by atoms with Gasteiger partial charge < -0.3 is 10.0 Å². The van der Waals surface area contributed by atoms with Crippen molar-refractivity contribution in [3.8, 4) is 0 Å². The van der Waals surface area contributed by atoms with Crippen LogP contribution in [0.5, 0.6) is 0 Å². The van der Waals surface area contributed by atoms with Crippen LogP contribution in [-0.2, 0) is 9.59 Å². The summed E-state index contributed by atoms with van der Waals surface area (Å²) in [7, 11) is 1.51. The zero-order valence-electron chi connectivity index (χ0n) is 11.4. The molecule has 1 aromatic rings. The summed E-state index contributed by atoms with van der Waals surface area (Å²) >= 11 is 0. The molecule has 0 heterocycles. The lowest BCUT2D eigenvalue weighted by molar-refractivity contribution is -0.148. The lowest BCUT2D eigenvalue weighted by atomic mass is 9.95. The topological polar surface area (TPSA) is 57.6 Å². The van der Waals surface area contributed by atoms with Crippen molar-refractivity contribution in [2.45, 2.75) is 33.7 Å². The molecule has 18 heavy (non-hydrogen) atoms. The molecule has 1 atom stereocenters. The Balaban J connectivity index is 3.35. The Morgan fingerprint density at radius 1 is 1.11 bits per heavy atom. The summed E-state index contributed by atoms with van der Waals surface area (Å²) < 4.78 is 0. The maximum atomic E-state index is 11.4. The minimum Gasteiger partial charge on any atom is -0.479 e. The van der Waals surface area contributed by atoms with Crippen molar-refractivity contribution in [1.29, 1.82) is 0 Å². The molecule has 0 saturated carbocycles. The maximum absolute atomic E-state index is 11.4. The molecular formula is C14H19NO3. The first-order valence-corrected chi connectivity index (χ1v) is 5.79. The molecule has 1 amide bonds. The van der Waals surface area contributed by atoms with E-state index in [0.717, 1.165) is 16.7 Å². The highest BCUT2D eigenvalue weighted by atomic mass is 16.4. The number of benzene rings is 1. The van der Waals surface area contributed by atoms with Crippen LogP contribution < -0.4 is 0 Å². The van der Waals surface area contributed by atoms with Crippen LogP contribution in [0.25, 0.3) is 0 Å². The molecule has 1 N–H and O–H groups in total. The SMILES string of the molecule is CC(=O)N(C)C(C(=O)O)c1cc(C)c(C)cc1C. The first-order chi connectivity index (χ1) is 8.25. The molecule has 4 heteroatoms. The van der Waals surface area contributed by atoms with E-state index in [4.69, 9.17) is 0 Å². The fourth-order valence-electron chi connectivity index (χ4n) is 1.97. The van der Waals surface area contributed by atoms with Crippen LogP contribution in [-0.4, -0.2) is 28.9 Å². The van der Waals surface area contributed by atoms with E-state index in [1.54, 1.807) is 0 Å². The average Bonchev–Trinajstić information content (AvgIpc) is 2.24. The zero-order valence-corrected chi connectivity index (χ0v) is 11.4. The van der Waals surface area contributed by atoms with Gasteiger partial charge in [-0.25, -0.2) is 4.79 Å². The molecule has 0 aliphatic rings. The highest BCUT2D eigenvalue weighted by molar-refractivity contribution is 5.83. The number of nitrogens with zero attached hydrogens (tertiary/aromatic N) is 1. The molecule has 1 unspecified atom stereocenters. The average molecular weight is 249 g/mol. The van der Waals surface area contributed by atoms with Crippen molar-refractivity contribution in [3.63, 3.8) is 0 Å². The normalized spacial score (nSPS) is 12.1. The zero-order chi connectivity index (χ0) is 14.0. The molecule has 98 valence electrons. The lowest BCUT2D eigenvalue weighted by Crippen LogP contribution is -2.34. The van der Waals surface area contributed by atoms with Gasteiger partial charge in [-0.3, -0.25) is 4.79 Å². The lowest BCUT2D eigenvalue weighted by Gasteiger charge is -2.26. The quantitative estimate of drug-likeness (QED) is 0.893. The van der Waals surface area contributed by atoms with Gasteiger partial charge in [-0.05, 0) is 43.0 Å². The molecule has 0 aromatic heterocycles. The highest BCUT2D eigenvalue weighted by Gasteiger charge is 2.28. The van der Waals surface area contributed by atoms with Crippen molar-refractivity contribution < 1.29 is 14.7 Å². The summed E-state index contributed by atoms with van der Waals surface area (Å²) in [6.07, 6.45) is 0. The van der Waals surface area contributed by atoms with E-state index in [0.29, 0.717) is 5.56 Å². The van der Waals surface area contributed by atoms with Crippen molar-refractivity contribution in [1.82, 2.24) is 4.90 Å². The second-order valence-electron chi connectivity index (χ2n) is 4.66. The van der Waals surface area contributed by atoms with Crippen molar-refractivity contribution in [2.75, 3.05) is 7.05 Å². The number of carboxylic acids is 1.